The summed E-state index contributed by atoms with van der Waals surface area (Å²) in [7, 11) is 0. The molecule has 0 aromatic heterocycles. The first-order valence-electron chi connectivity index (χ1n) is 8.47. The van der Waals surface area contributed by atoms with E-state index in [1.807, 2.05) is 32.9 Å². The largest absolute Gasteiger partial charge is 0.352 e. The number of carbonyl (C=O) groups excluding carboxylic acids is 3. The van der Waals surface area contributed by atoms with Crippen molar-refractivity contribution in [1.82, 2.24) is 10.6 Å². The number of hydrogen-bond acceptors (Lipinski definition) is 3. The lowest BCUT2D eigenvalue weighted by atomic mass is 10.1. The number of amides is 4. The molecule has 1 aromatic carbocycles. The molecule has 5 N–H and O–H groups in total. The summed E-state index contributed by atoms with van der Waals surface area (Å²) in [6, 6.07) is 3.48. The van der Waals surface area contributed by atoms with Gasteiger partial charge < -0.3 is 21.7 Å². The molecular weight excluding hydrogens is 320 g/mol. The van der Waals surface area contributed by atoms with Crippen LogP contribution in [0, 0.1) is 20.8 Å². The molecule has 0 atom stereocenters. The average molecular weight is 348 g/mol. The van der Waals surface area contributed by atoms with Crippen LogP contribution in [-0.4, -0.2) is 30.9 Å². The van der Waals surface area contributed by atoms with E-state index in [9.17, 15) is 14.4 Å². The summed E-state index contributed by atoms with van der Waals surface area (Å²) in [6.07, 6.45) is 2.63. The van der Waals surface area contributed by atoms with Crippen LogP contribution in [0.1, 0.15) is 42.4 Å². The molecule has 0 aliphatic rings. The molecule has 0 unspecified atom stereocenters. The molecule has 0 aliphatic heterocycles. The number of aryl methyl sites for hydroxylation is 3. The van der Waals surface area contributed by atoms with Crippen LogP contribution in [0.25, 0.3) is 0 Å². The van der Waals surface area contributed by atoms with Crippen LogP contribution < -0.4 is 21.7 Å². The normalized spacial score (nSPS) is 10.2. The van der Waals surface area contributed by atoms with Crippen molar-refractivity contribution in [2.75, 3.05) is 18.4 Å². The van der Waals surface area contributed by atoms with E-state index in [0.717, 1.165) is 35.2 Å². The van der Waals surface area contributed by atoms with Gasteiger partial charge in [-0.1, -0.05) is 24.1 Å². The van der Waals surface area contributed by atoms with E-state index in [1.54, 1.807) is 0 Å². The molecule has 0 heterocycles. The molecule has 0 fully saturated rings. The summed E-state index contributed by atoms with van der Waals surface area (Å²) in [4.78, 5) is 34.2. The van der Waals surface area contributed by atoms with Crippen molar-refractivity contribution >= 4 is 23.5 Å². The molecule has 1 aromatic rings. The molecule has 0 aliphatic carbocycles. The van der Waals surface area contributed by atoms with Crippen molar-refractivity contribution < 1.29 is 14.4 Å². The van der Waals surface area contributed by atoms with E-state index in [-0.39, 0.29) is 18.4 Å². The van der Waals surface area contributed by atoms with Crippen LogP contribution in [0.3, 0.4) is 0 Å². The molecule has 0 saturated heterocycles. The molecule has 7 nitrogen and oxygen atoms in total. The van der Waals surface area contributed by atoms with Crippen molar-refractivity contribution in [3.8, 4) is 0 Å². The Bertz CT molecular complexity index is 606. The Morgan fingerprint density at radius 2 is 1.56 bits per heavy atom. The first-order chi connectivity index (χ1) is 11.8. The Morgan fingerprint density at radius 1 is 0.920 bits per heavy atom. The van der Waals surface area contributed by atoms with Gasteiger partial charge in [-0.05, 0) is 44.7 Å². The fraction of sp³-hybridized carbons (Fsp3) is 0.500. The third-order valence-electron chi connectivity index (χ3n) is 3.77. The van der Waals surface area contributed by atoms with Gasteiger partial charge in [-0.3, -0.25) is 9.59 Å². The van der Waals surface area contributed by atoms with Crippen LogP contribution in [0.2, 0.25) is 0 Å². The lowest BCUT2D eigenvalue weighted by Crippen LogP contribution is -2.33. The molecule has 138 valence electrons. The maximum absolute atomic E-state index is 12.0. The van der Waals surface area contributed by atoms with E-state index < -0.39 is 6.03 Å². The van der Waals surface area contributed by atoms with Crippen LogP contribution in [-0.2, 0) is 9.59 Å². The first kappa shape index (κ1) is 20.5. The summed E-state index contributed by atoms with van der Waals surface area (Å²) in [5, 5.41) is 7.97. The van der Waals surface area contributed by atoms with Crippen molar-refractivity contribution in [3.05, 3.63) is 28.8 Å². The predicted molar refractivity (Wildman–Crippen MR) is 98.3 cm³/mol. The van der Waals surface area contributed by atoms with Crippen LogP contribution in [0.15, 0.2) is 12.1 Å². The lowest BCUT2D eigenvalue weighted by molar-refractivity contribution is -0.124. The van der Waals surface area contributed by atoms with Crippen LogP contribution in [0.5, 0.6) is 0 Å². The highest BCUT2D eigenvalue weighted by Crippen LogP contribution is 2.21. The van der Waals surface area contributed by atoms with E-state index in [4.69, 9.17) is 5.73 Å². The van der Waals surface area contributed by atoms with Crippen molar-refractivity contribution in [3.63, 3.8) is 0 Å². The zero-order valence-corrected chi connectivity index (χ0v) is 15.2. The van der Waals surface area contributed by atoms with Gasteiger partial charge in [0, 0.05) is 18.7 Å². The Hall–Kier alpha value is -2.57. The van der Waals surface area contributed by atoms with Crippen molar-refractivity contribution in [1.29, 1.82) is 0 Å². The number of urea groups is 1. The molecule has 0 bridgehead atoms. The second kappa shape index (κ2) is 10.3. The third kappa shape index (κ3) is 8.19. The zero-order chi connectivity index (χ0) is 18.8. The van der Waals surface area contributed by atoms with E-state index >= 15 is 0 Å². The van der Waals surface area contributed by atoms with Gasteiger partial charge in [-0.15, -0.1) is 0 Å². The number of unbranched alkanes of at least 4 members (excludes halogenated alkanes) is 2. The topological polar surface area (TPSA) is 113 Å². The van der Waals surface area contributed by atoms with Crippen LogP contribution in [0.4, 0.5) is 10.5 Å². The van der Waals surface area contributed by atoms with E-state index in [2.05, 4.69) is 16.0 Å². The Balaban J connectivity index is 2.25. The molecule has 0 radical (unpaired) electrons. The molecule has 7 heteroatoms. The second-order valence-corrected chi connectivity index (χ2v) is 6.20. The molecule has 0 spiro atoms. The minimum absolute atomic E-state index is 0.0468. The van der Waals surface area contributed by atoms with Gasteiger partial charge in [-0.2, -0.15) is 0 Å². The maximum Gasteiger partial charge on any atom is 0.312 e. The standard InChI is InChI=1S/C18H28N4O3/c1-12-9-13(2)17(14(3)10-12)22-16(24)11-21-15(23)7-5-4-6-8-20-18(19)25/h9-10H,4-8,11H2,1-3H3,(H,21,23)(H,22,24)(H3,19,20,25). The Morgan fingerprint density at radius 3 is 2.16 bits per heavy atom. The average Bonchev–Trinajstić information content (AvgIpc) is 2.52. The quantitative estimate of drug-likeness (QED) is 0.511. The summed E-state index contributed by atoms with van der Waals surface area (Å²) in [5.74, 6) is -0.399. The highest BCUT2D eigenvalue weighted by molar-refractivity contribution is 5.95. The molecular formula is C18H28N4O3. The van der Waals surface area contributed by atoms with Gasteiger partial charge in [0.2, 0.25) is 11.8 Å². The van der Waals surface area contributed by atoms with Crippen molar-refractivity contribution in [2.45, 2.75) is 46.5 Å². The molecule has 1 rings (SSSR count). The van der Waals surface area contributed by atoms with E-state index in [0.29, 0.717) is 19.4 Å². The van der Waals surface area contributed by atoms with Gasteiger partial charge in [-0.25, -0.2) is 4.79 Å². The number of primary amides is 1. The highest BCUT2D eigenvalue weighted by Gasteiger charge is 2.09. The lowest BCUT2D eigenvalue weighted by Gasteiger charge is -2.13. The van der Waals surface area contributed by atoms with Gasteiger partial charge in [0.05, 0.1) is 6.54 Å². The Labute approximate surface area is 148 Å². The second-order valence-electron chi connectivity index (χ2n) is 6.20. The molecule has 4 amide bonds. The number of anilines is 1. The minimum Gasteiger partial charge on any atom is -0.352 e. The fourth-order valence-electron chi connectivity index (χ4n) is 2.63. The smallest absolute Gasteiger partial charge is 0.312 e. The van der Waals surface area contributed by atoms with Gasteiger partial charge in [0.15, 0.2) is 0 Å². The number of rotatable bonds is 9. The monoisotopic (exact) mass is 348 g/mol. The van der Waals surface area contributed by atoms with Gasteiger partial charge in [0.25, 0.3) is 0 Å². The van der Waals surface area contributed by atoms with Crippen molar-refractivity contribution in [2.24, 2.45) is 5.73 Å². The minimum atomic E-state index is -0.539. The first-order valence-corrected chi connectivity index (χ1v) is 8.47. The number of hydrogen-bond donors (Lipinski definition) is 4. The van der Waals surface area contributed by atoms with E-state index in [1.165, 1.54) is 0 Å². The Kier molecular flexibility index (Phi) is 8.46. The molecule has 25 heavy (non-hydrogen) atoms. The third-order valence-corrected chi connectivity index (χ3v) is 3.77. The maximum atomic E-state index is 12.0. The molecule has 0 saturated carbocycles. The number of carbonyl (C=O) groups is 3. The van der Waals surface area contributed by atoms with Gasteiger partial charge >= 0.3 is 6.03 Å². The SMILES string of the molecule is Cc1cc(C)c(NC(=O)CNC(=O)CCCCCNC(N)=O)c(C)c1. The predicted octanol–water partition coefficient (Wildman–Crippen LogP) is 1.90. The zero-order valence-electron chi connectivity index (χ0n) is 15.2. The van der Waals surface area contributed by atoms with Gasteiger partial charge in [0.1, 0.15) is 0 Å². The highest BCUT2D eigenvalue weighted by atomic mass is 16.2. The number of nitrogens with two attached hydrogens (primary N) is 1. The summed E-state index contributed by atoms with van der Waals surface area (Å²) in [5.41, 5.74) is 8.90. The number of nitrogens with one attached hydrogen (secondary N) is 3. The van der Waals surface area contributed by atoms with Crippen LogP contribution >= 0.6 is 0 Å². The number of benzene rings is 1. The summed E-state index contributed by atoms with van der Waals surface area (Å²) in [6.45, 7) is 6.36. The summed E-state index contributed by atoms with van der Waals surface area (Å²) < 4.78 is 0. The summed E-state index contributed by atoms with van der Waals surface area (Å²) >= 11 is 0. The fourth-order valence-corrected chi connectivity index (χ4v) is 2.63.